The van der Waals surface area contributed by atoms with E-state index in [1.807, 2.05) is 26.0 Å². The maximum absolute atomic E-state index is 12.2. The zero-order valence-electron chi connectivity index (χ0n) is 14.2. The van der Waals surface area contributed by atoms with E-state index >= 15 is 0 Å². The predicted octanol–water partition coefficient (Wildman–Crippen LogP) is 2.87. The van der Waals surface area contributed by atoms with Gasteiger partial charge in [0.25, 0.3) is 0 Å². The quantitative estimate of drug-likeness (QED) is 0.882. The van der Waals surface area contributed by atoms with Crippen LogP contribution in [0.1, 0.15) is 48.3 Å². The molecule has 0 spiro atoms. The van der Waals surface area contributed by atoms with E-state index < -0.39 is 0 Å². The minimum absolute atomic E-state index is 0.0694. The molecule has 2 heterocycles. The molecule has 1 amide bonds. The molecule has 6 heteroatoms. The average Bonchev–Trinajstić information content (AvgIpc) is 3.19. The monoisotopic (exact) mass is 329 g/mol. The van der Waals surface area contributed by atoms with Crippen LogP contribution >= 0.6 is 0 Å². The molecule has 3 rings (SSSR count). The van der Waals surface area contributed by atoms with Gasteiger partial charge in [0.15, 0.2) is 0 Å². The number of ether oxygens (including phenoxy) is 1. The number of hydrogen-bond donors (Lipinski definition) is 1. The van der Waals surface area contributed by atoms with E-state index in [1.54, 1.807) is 6.20 Å². The molecule has 1 N–H and O–H groups in total. The Kier molecular flexibility index (Phi) is 5.13. The second-order valence-electron chi connectivity index (χ2n) is 6.25. The molecule has 6 nitrogen and oxygen atoms in total. The van der Waals surface area contributed by atoms with Gasteiger partial charge in [-0.05, 0) is 45.6 Å². The van der Waals surface area contributed by atoms with Crippen molar-refractivity contribution in [3.05, 3.63) is 40.9 Å². The number of pyridine rings is 1. The lowest BCUT2D eigenvalue weighted by Gasteiger charge is -2.15. The van der Waals surface area contributed by atoms with Crippen LogP contribution in [0.3, 0.4) is 0 Å². The fourth-order valence-corrected chi connectivity index (χ4v) is 3.00. The van der Waals surface area contributed by atoms with Gasteiger partial charge < -0.3 is 14.6 Å². The molecule has 0 radical (unpaired) electrons. The number of nitrogens with zero attached hydrogens (tertiary/aromatic N) is 2. The number of carbonyl (C=O) groups is 1. The molecule has 1 aliphatic rings. The number of nitrogens with one attached hydrogen (secondary N) is 1. The highest BCUT2D eigenvalue weighted by molar-refractivity contribution is 5.79. The van der Waals surface area contributed by atoms with Gasteiger partial charge in [-0.15, -0.1) is 0 Å². The number of aromatic nitrogens is 2. The Morgan fingerprint density at radius 2 is 2.17 bits per heavy atom. The zero-order valence-corrected chi connectivity index (χ0v) is 14.2. The van der Waals surface area contributed by atoms with E-state index in [4.69, 9.17) is 9.26 Å². The molecule has 0 aromatic carbocycles. The highest BCUT2D eigenvalue weighted by atomic mass is 16.5. The molecule has 0 aliphatic heterocycles. The van der Waals surface area contributed by atoms with Crippen molar-refractivity contribution in [2.24, 2.45) is 0 Å². The van der Waals surface area contributed by atoms with E-state index in [9.17, 15) is 4.79 Å². The first-order chi connectivity index (χ1) is 11.6. The normalized spacial score (nSPS) is 14.8. The lowest BCUT2D eigenvalue weighted by Crippen LogP contribution is -2.25. The first-order valence-corrected chi connectivity index (χ1v) is 8.42. The van der Waals surface area contributed by atoms with Gasteiger partial charge in [-0.1, -0.05) is 11.2 Å². The fraction of sp³-hybridized carbons (Fsp3) is 0.500. The molecule has 1 fully saturated rings. The van der Waals surface area contributed by atoms with Crippen LogP contribution in [0.4, 0.5) is 0 Å². The number of aryl methyl sites for hydroxylation is 2. The number of amides is 1. The second kappa shape index (κ2) is 7.47. The van der Waals surface area contributed by atoms with Crippen molar-refractivity contribution >= 4 is 5.91 Å². The summed E-state index contributed by atoms with van der Waals surface area (Å²) in [5.74, 6) is 1.25. The van der Waals surface area contributed by atoms with Crippen LogP contribution in [0, 0.1) is 13.8 Å². The summed E-state index contributed by atoms with van der Waals surface area (Å²) < 4.78 is 11.1. The molecular weight excluding hydrogens is 306 g/mol. The first-order valence-electron chi connectivity index (χ1n) is 8.42. The van der Waals surface area contributed by atoms with E-state index in [1.165, 1.54) is 12.8 Å². The Hall–Kier alpha value is -2.37. The summed E-state index contributed by atoms with van der Waals surface area (Å²) in [4.78, 5) is 16.5. The highest BCUT2D eigenvalue weighted by Gasteiger charge is 2.19. The summed E-state index contributed by atoms with van der Waals surface area (Å²) in [6, 6.07) is 3.80. The van der Waals surface area contributed by atoms with Gasteiger partial charge in [0, 0.05) is 23.9 Å². The Morgan fingerprint density at radius 1 is 1.38 bits per heavy atom. The van der Waals surface area contributed by atoms with E-state index in [2.05, 4.69) is 15.5 Å². The molecule has 24 heavy (non-hydrogen) atoms. The largest absolute Gasteiger partial charge is 0.474 e. The fourth-order valence-electron chi connectivity index (χ4n) is 3.00. The van der Waals surface area contributed by atoms with Crippen molar-refractivity contribution in [3.63, 3.8) is 0 Å². The molecule has 2 aromatic heterocycles. The molecule has 1 aliphatic carbocycles. The Morgan fingerprint density at radius 3 is 2.88 bits per heavy atom. The second-order valence-corrected chi connectivity index (χ2v) is 6.25. The van der Waals surface area contributed by atoms with Crippen molar-refractivity contribution in [3.8, 4) is 5.88 Å². The number of carbonyl (C=O) groups excluding carboxylic acids is 1. The summed E-state index contributed by atoms with van der Waals surface area (Å²) >= 11 is 0. The summed E-state index contributed by atoms with van der Waals surface area (Å²) in [7, 11) is 0. The summed E-state index contributed by atoms with van der Waals surface area (Å²) in [6.45, 7) is 4.06. The van der Waals surface area contributed by atoms with Crippen LogP contribution in [0.5, 0.6) is 5.88 Å². The lowest BCUT2D eigenvalue weighted by atomic mass is 10.1. The smallest absolute Gasteiger partial charge is 0.224 e. The summed E-state index contributed by atoms with van der Waals surface area (Å²) in [5.41, 5.74) is 2.51. The van der Waals surface area contributed by atoms with Crippen molar-refractivity contribution in [1.82, 2.24) is 15.5 Å². The number of hydrogen-bond acceptors (Lipinski definition) is 5. The SMILES string of the molecule is Cc1noc(C)c1CC(=O)NCc1cccnc1OC1CCCC1. The summed E-state index contributed by atoms with van der Waals surface area (Å²) in [6.07, 6.45) is 6.81. The minimum Gasteiger partial charge on any atom is -0.474 e. The van der Waals surface area contributed by atoms with Gasteiger partial charge in [-0.2, -0.15) is 0 Å². The summed E-state index contributed by atoms with van der Waals surface area (Å²) in [5, 5.41) is 6.80. The molecule has 1 saturated carbocycles. The molecule has 2 aromatic rings. The maximum atomic E-state index is 12.2. The van der Waals surface area contributed by atoms with E-state index in [0.717, 1.165) is 29.7 Å². The van der Waals surface area contributed by atoms with Crippen molar-refractivity contribution < 1.29 is 14.1 Å². The third-order valence-corrected chi connectivity index (χ3v) is 4.43. The Labute approximate surface area is 141 Å². The van der Waals surface area contributed by atoms with Crippen LogP contribution in [-0.2, 0) is 17.8 Å². The molecule has 0 atom stereocenters. The molecule has 0 saturated heterocycles. The standard InChI is InChI=1S/C18H23N3O3/c1-12-16(13(2)24-21-12)10-17(22)20-11-14-6-5-9-19-18(14)23-15-7-3-4-8-15/h5-6,9,15H,3-4,7-8,10-11H2,1-2H3,(H,20,22). The molecular formula is C18H23N3O3. The van der Waals surface area contributed by atoms with Crippen LogP contribution in [0.25, 0.3) is 0 Å². The average molecular weight is 329 g/mol. The van der Waals surface area contributed by atoms with Crippen molar-refractivity contribution in [2.75, 3.05) is 0 Å². The minimum atomic E-state index is -0.0694. The predicted molar refractivity (Wildman–Crippen MR) is 88.6 cm³/mol. The van der Waals surface area contributed by atoms with Gasteiger partial charge in [-0.3, -0.25) is 4.79 Å². The third-order valence-electron chi connectivity index (χ3n) is 4.43. The van der Waals surface area contributed by atoms with E-state index in [0.29, 0.717) is 18.2 Å². The Bertz CT molecular complexity index is 686. The van der Waals surface area contributed by atoms with Gasteiger partial charge in [0.2, 0.25) is 11.8 Å². The van der Waals surface area contributed by atoms with Gasteiger partial charge in [0.1, 0.15) is 11.9 Å². The maximum Gasteiger partial charge on any atom is 0.224 e. The van der Waals surface area contributed by atoms with Crippen LogP contribution < -0.4 is 10.1 Å². The van der Waals surface area contributed by atoms with Gasteiger partial charge in [-0.25, -0.2) is 4.98 Å². The van der Waals surface area contributed by atoms with Gasteiger partial charge >= 0.3 is 0 Å². The molecule has 128 valence electrons. The Balaban J connectivity index is 1.59. The zero-order chi connectivity index (χ0) is 16.9. The van der Waals surface area contributed by atoms with Crippen LogP contribution in [0.2, 0.25) is 0 Å². The van der Waals surface area contributed by atoms with Crippen molar-refractivity contribution in [1.29, 1.82) is 0 Å². The lowest BCUT2D eigenvalue weighted by molar-refractivity contribution is -0.120. The van der Waals surface area contributed by atoms with Crippen LogP contribution in [0.15, 0.2) is 22.9 Å². The van der Waals surface area contributed by atoms with Crippen LogP contribution in [-0.4, -0.2) is 22.2 Å². The topological polar surface area (TPSA) is 77.3 Å². The number of rotatable bonds is 6. The van der Waals surface area contributed by atoms with Gasteiger partial charge in [0.05, 0.1) is 12.1 Å². The molecule has 0 unspecified atom stereocenters. The highest BCUT2D eigenvalue weighted by Crippen LogP contribution is 2.25. The first kappa shape index (κ1) is 16.5. The van der Waals surface area contributed by atoms with E-state index in [-0.39, 0.29) is 18.4 Å². The van der Waals surface area contributed by atoms with Crippen molar-refractivity contribution in [2.45, 2.75) is 58.6 Å². The molecule has 0 bridgehead atoms. The third kappa shape index (κ3) is 3.93.